The first-order chi connectivity index (χ1) is 13.6. The number of amides is 1. The molecule has 0 atom stereocenters. The molecule has 28 heavy (non-hydrogen) atoms. The Balaban J connectivity index is 1.44. The Bertz CT molecular complexity index is 1100. The van der Waals surface area contributed by atoms with E-state index < -0.39 is 5.91 Å². The Labute approximate surface area is 161 Å². The molecule has 2 aromatic carbocycles. The number of hydrogen-bond donors (Lipinski definition) is 1. The summed E-state index contributed by atoms with van der Waals surface area (Å²) >= 11 is 0. The molecule has 0 aliphatic heterocycles. The Kier molecular flexibility index (Phi) is 4.67. The van der Waals surface area contributed by atoms with E-state index in [0.717, 1.165) is 22.4 Å². The molecule has 0 fully saturated rings. The summed E-state index contributed by atoms with van der Waals surface area (Å²) in [6.45, 7) is 4.40. The van der Waals surface area contributed by atoms with Crippen LogP contribution in [0.2, 0.25) is 0 Å². The molecule has 0 spiro atoms. The van der Waals surface area contributed by atoms with Crippen molar-refractivity contribution < 1.29 is 9.32 Å². The van der Waals surface area contributed by atoms with Gasteiger partial charge in [-0.3, -0.25) is 4.79 Å². The van der Waals surface area contributed by atoms with Crippen LogP contribution in [0.1, 0.15) is 27.4 Å². The molecule has 0 aliphatic carbocycles. The second kappa shape index (κ2) is 7.43. The van der Waals surface area contributed by atoms with Crippen LogP contribution in [-0.4, -0.2) is 31.0 Å². The summed E-state index contributed by atoms with van der Waals surface area (Å²) in [5.74, 6) is -0.351. The van der Waals surface area contributed by atoms with Gasteiger partial charge in [-0.1, -0.05) is 57.9 Å². The van der Waals surface area contributed by atoms with Crippen LogP contribution in [-0.2, 0) is 6.54 Å². The van der Waals surface area contributed by atoms with Gasteiger partial charge in [-0.15, -0.1) is 5.10 Å². The highest BCUT2D eigenvalue weighted by Gasteiger charge is 2.18. The van der Waals surface area contributed by atoms with E-state index in [4.69, 9.17) is 4.52 Å². The highest BCUT2D eigenvalue weighted by molar-refractivity contribution is 5.89. The SMILES string of the molecule is Cc1ccc(CNC(=O)c2nc(-c3cn(-c4ccc(C)cc4)nn3)no2)cc1. The number of aryl methyl sites for hydroxylation is 2. The van der Waals surface area contributed by atoms with Crippen molar-refractivity contribution in [3.63, 3.8) is 0 Å². The van der Waals surface area contributed by atoms with Crippen molar-refractivity contribution in [3.05, 3.63) is 77.3 Å². The van der Waals surface area contributed by atoms with Crippen molar-refractivity contribution in [1.82, 2.24) is 30.5 Å². The van der Waals surface area contributed by atoms with E-state index >= 15 is 0 Å². The number of nitrogens with one attached hydrogen (secondary N) is 1. The quantitative estimate of drug-likeness (QED) is 0.577. The molecule has 1 amide bonds. The van der Waals surface area contributed by atoms with Crippen molar-refractivity contribution in [2.24, 2.45) is 0 Å². The van der Waals surface area contributed by atoms with Crippen LogP contribution in [0.25, 0.3) is 17.2 Å². The van der Waals surface area contributed by atoms with E-state index in [-0.39, 0.29) is 11.7 Å². The van der Waals surface area contributed by atoms with Crippen molar-refractivity contribution in [2.45, 2.75) is 20.4 Å². The molecular weight excluding hydrogens is 356 g/mol. The lowest BCUT2D eigenvalue weighted by molar-refractivity contribution is 0.0907. The van der Waals surface area contributed by atoms with E-state index in [9.17, 15) is 4.79 Å². The minimum absolute atomic E-state index is 0.119. The summed E-state index contributed by atoms with van der Waals surface area (Å²) in [5, 5.41) is 14.7. The number of carbonyl (C=O) groups excluding carboxylic acids is 1. The summed E-state index contributed by atoms with van der Waals surface area (Å²) < 4.78 is 6.68. The van der Waals surface area contributed by atoms with Gasteiger partial charge in [0.1, 0.15) is 0 Å². The summed E-state index contributed by atoms with van der Waals surface area (Å²) in [4.78, 5) is 16.4. The fourth-order valence-corrected chi connectivity index (χ4v) is 2.57. The van der Waals surface area contributed by atoms with Crippen LogP contribution in [0.4, 0.5) is 0 Å². The average Bonchev–Trinajstić information content (AvgIpc) is 3.37. The maximum Gasteiger partial charge on any atom is 0.316 e. The fraction of sp³-hybridized carbons (Fsp3) is 0.150. The van der Waals surface area contributed by atoms with E-state index in [2.05, 4.69) is 25.8 Å². The van der Waals surface area contributed by atoms with Crippen LogP contribution in [0.15, 0.2) is 59.3 Å². The second-order valence-corrected chi connectivity index (χ2v) is 6.48. The highest BCUT2D eigenvalue weighted by Crippen LogP contribution is 2.15. The number of carbonyl (C=O) groups is 1. The minimum atomic E-state index is -0.440. The van der Waals surface area contributed by atoms with Crippen molar-refractivity contribution >= 4 is 5.91 Å². The normalized spacial score (nSPS) is 10.8. The third-order valence-corrected chi connectivity index (χ3v) is 4.21. The maximum atomic E-state index is 12.2. The van der Waals surface area contributed by atoms with E-state index in [1.807, 2.05) is 62.4 Å². The molecule has 0 radical (unpaired) electrons. The zero-order valence-corrected chi connectivity index (χ0v) is 15.5. The number of rotatable bonds is 5. The van der Waals surface area contributed by atoms with E-state index in [1.165, 1.54) is 0 Å². The van der Waals surface area contributed by atoms with Gasteiger partial charge in [0.2, 0.25) is 5.82 Å². The fourth-order valence-electron chi connectivity index (χ4n) is 2.57. The third-order valence-electron chi connectivity index (χ3n) is 4.21. The van der Waals surface area contributed by atoms with E-state index in [0.29, 0.717) is 12.2 Å². The largest absolute Gasteiger partial charge is 0.344 e. The van der Waals surface area contributed by atoms with Gasteiger partial charge < -0.3 is 9.84 Å². The maximum absolute atomic E-state index is 12.2. The third kappa shape index (κ3) is 3.80. The molecular formula is C20H18N6O2. The predicted molar refractivity (Wildman–Crippen MR) is 102 cm³/mol. The van der Waals surface area contributed by atoms with Crippen molar-refractivity contribution in [1.29, 1.82) is 0 Å². The number of hydrogen-bond acceptors (Lipinski definition) is 6. The standard InChI is InChI=1S/C20H18N6O2/c1-13-3-7-15(8-4-13)11-21-19(27)20-22-18(24-28-20)17-12-26(25-23-17)16-9-5-14(2)6-10-16/h3-10,12H,11H2,1-2H3,(H,21,27). The first kappa shape index (κ1) is 17.6. The van der Waals surface area contributed by atoms with Gasteiger partial charge in [0.15, 0.2) is 5.69 Å². The molecule has 1 N–H and O–H groups in total. The van der Waals surface area contributed by atoms with Crippen LogP contribution in [0.5, 0.6) is 0 Å². The lowest BCUT2D eigenvalue weighted by Crippen LogP contribution is -2.23. The Morgan fingerprint density at radius 1 is 1.04 bits per heavy atom. The molecule has 0 unspecified atom stereocenters. The molecule has 0 saturated carbocycles. The van der Waals surface area contributed by atoms with Crippen molar-refractivity contribution in [2.75, 3.05) is 0 Å². The number of nitrogens with zero attached hydrogens (tertiary/aromatic N) is 5. The van der Waals surface area contributed by atoms with Crippen molar-refractivity contribution in [3.8, 4) is 17.2 Å². The van der Waals surface area contributed by atoms with Crippen LogP contribution < -0.4 is 5.32 Å². The summed E-state index contributed by atoms with van der Waals surface area (Å²) in [5.41, 5.74) is 4.59. The Hall–Kier alpha value is -3.81. The predicted octanol–water partition coefficient (Wildman–Crippen LogP) is 2.86. The van der Waals surface area contributed by atoms with Gasteiger partial charge >= 0.3 is 11.8 Å². The lowest BCUT2D eigenvalue weighted by atomic mass is 10.1. The molecule has 4 aromatic rings. The first-order valence-electron chi connectivity index (χ1n) is 8.76. The topological polar surface area (TPSA) is 98.7 Å². The van der Waals surface area contributed by atoms with Gasteiger partial charge in [0.25, 0.3) is 0 Å². The number of aromatic nitrogens is 5. The molecule has 0 bridgehead atoms. The molecule has 8 nitrogen and oxygen atoms in total. The highest BCUT2D eigenvalue weighted by atomic mass is 16.5. The van der Waals surface area contributed by atoms with Crippen LogP contribution >= 0.6 is 0 Å². The van der Waals surface area contributed by atoms with E-state index in [1.54, 1.807) is 10.9 Å². The summed E-state index contributed by atoms with van der Waals surface area (Å²) in [7, 11) is 0. The molecule has 140 valence electrons. The lowest BCUT2D eigenvalue weighted by Gasteiger charge is -2.02. The van der Waals surface area contributed by atoms with Gasteiger partial charge in [-0.25, -0.2) is 4.68 Å². The Morgan fingerprint density at radius 3 is 2.43 bits per heavy atom. The average molecular weight is 374 g/mol. The van der Waals surface area contributed by atoms with Crippen LogP contribution in [0.3, 0.4) is 0 Å². The second-order valence-electron chi connectivity index (χ2n) is 6.48. The molecule has 8 heteroatoms. The molecule has 0 aliphatic rings. The number of benzene rings is 2. The van der Waals surface area contributed by atoms with Gasteiger partial charge in [0, 0.05) is 6.54 Å². The zero-order chi connectivity index (χ0) is 19.5. The molecule has 2 aromatic heterocycles. The van der Waals surface area contributed by atoms with Gasteiger partial charge in [-0.2, -0.15) is 4.98 Å². The monoisotopic (exact) mass is 374 g/mol. The Morgan fingerprint density at radius 2 is 1.71 bits per heavy atom. The minimum Gasteiger partial charge on any atom is -0.344 e. The smallest absolute Gasteiger partial charge is 0.316 e. The summed E-state index contributed by atoms with van der Waals surface area (Å²) in [6.07, 6.45) is 1.68. The summed E-state index contributed by atoms with van der Waals surface area (Å²) in [6, 6.07) is 15.7. The zero-order valence-electron chi connectivity index (χ0n) is 15.5. The van der Waals surface area contributed by atoms with Gasteiger partial charge in [-0.05, 0) is 31.5 Å². The molecule has 2 heterocycles. The van der Waals surface area contributed by atoms with Crippen LogP contribution in [0, 0.1) is 13.8 Å². The molecule has 0 saturated heterocycles. The van der Waals surface area contributed by atoms with Gasteiger partial charge in [0.05, 0.1) is 11.9 Å². The first-order valence-corrected chi connectivity index (χ1v) is 8.76. The molecule has 4 rings (SSSR count).